The number of carbonyl (C=O) groups is 1. The van der Waals surface area contributed by atoms with Crippen LogP contribution in [-0.4, -0.2) is 40.2 Å². The minimum Gasteiger partial charge on any atom is -0.345 e. The maximum Gasteiger partial charge on any atom is 0.222 e. The molecule has 1 aromatic carbocycles. The third kappa shape index (κ3) is 3.11. The van der Waals surface area contributed by atoms with Crippen LogP contribution in [0.4, 0.5) is 0 Å². The number of amides is 1. The number of benzene rings is 1. The van der Waals surface area contributed by atoms with Crippen molar-refractivity contribution in [2.75, 3.05) is 13.6 Å². The van der Waals surface area contributed by atoms with Crippen LogP contribution in [0.15, 0.2) is 24.3 Å². The molecule has 1 N–H and O–H groups in total. The summed E-state index contributed by atoms with van der Waals surface area (Å²) in [7, 11) is 4.04. The van der Waals surface area contributed by atoms with Crippen LogP contribution >= 0.6 is 0 Å². The number of likely N-dealkylation sites (tertiary alicyclic amines) is 1. The maximum atomic E-state index is 12.5. The van der Waals surface area contributed by atoms with E-state index in [-0.39, 0.29) is 5.91 Å². The molecule has 5 heteroatoms. The lowest BCUT2D eigenvalue weighted by molar-refractivity contribution is -0.123. The van der Waals surface area contributed by atoms with Crippen LogP contribution in [0.5, 0.6) is 0 Å². The van der Waals surface area contributed by atoms with E-state index in [9.17, 15) is 4.79 Å². The van der Waals surface area contributed by atoms with E-state index in [2.05, 4.69) is 34.5 Å². The second kappa shape index (κ2) is 5.96. The molecule has 1 aliphatic rings. The highest BCUT2D eigenvalue weighted by molar-refractivity contribution is 5.84. The van der Waals surface area contributed by atoms with Gasteiger partial charge < -0.3 is 10.2 Å². The Morgan fingerprint density at radius 1 is 1.35 bits per heavy atom. The van der Waals surface area contributed by atoms with Crippen LogP contribution < -0.4 is 5.32 Å². The average Bonchev–Trinajstić information content (AvgIpc) is 3.04. The van der Waals surface area contributed by atoms with Crippen molar-refractivity contribution in [1.29, 1.82) is 0 Å². The van der Waals surface area contributed by atoms with Gasteiger partial charge in [-0.2, -0.15) is 5.10 Å². The number of carbonyl (C=O) groups excluding carboxylic acids is 1. The summed E-state index contributed by atoms with van der Waals surface area (Å²) < 4.78 is 1.88. The van der Waals surface area contributed by atoms with Crippen molar-refractivity contribution in [1.82, 2.24) is 20.0 Å². The molecule has 0 spiro atoms. The van der Waals surface area contributed by atoms with Gasteiger partial charge in [0.05, 0.1) is 16.7 Å². The zero-order chi connectivity index (χ0) is 16.6. The molecule has 5 nitrogen and oxygen atoms in total. The molecule has 124 valence electrons. The van der Waals surface area contributed by atoms with Crippen molar-refractivity contribution >= 4 is 16.8 Å². The van der Waals surface area contributed by atoms with Gasteiger partial charge in [-0.05, 0) is 46.3 Å². The van der Waals surface area contributed by atoms with Crippen LogP contribution in [-0.2, 0) is 17.4 Å². The van der Waals surface area contributed by atoms with E-state index in [1.165, 1.54) is 6.42 Å². The quantitative estimate of drug-likeness (QED) is 0.943. The molecule has 23 heavy (non-hydrogen) atoms. The first-order valence-electron chi connectivity index (χ1n) is 8.32. The lowest BCUT2D eigenvalue weighted by Crippen LogP contribution is -2.43. The summed E-state index contributed by atoms with van der Waals surface area (Å²) in [6, 6.07) is 8.51. The zero-order valence-electron chi connectivity index (χ0n) is 14.5. The van der Waals surface area contributed by atoms with Gasteiger partial charge in [0.15, 0.2) is 0 Å². The van der Waals surface area contributed by atoms with Crippen LogP contribution in [0.2, 0.25) is 0 Å². The van der Waals surface area contributed by atoms with Crippen LogP contribution in [0.1, 0.15) is 38.8 Å². The number of aromatic nitrogens is 2. The minimum atomic E-state index is -0.491. The Bertz CT molecular complexity index is 719. The summed E-state index contributed by atoms with van der Waals surface area (Å²) in [5, 5.41) is 8.93. The molecule has 0 unspecified atom stereocenters. The van der Waals surface area contributed by atoms with Gasteiger partial charge in [0.25, 0.3) is 0 Å². The van der Waals surface area contributed by atoms with Crippen molar-refractivity contribution in [2.45, 2.75) is 44.7 Å². The van der Waals surface area contributed by atoms with Crippen molar-refractivity contribution in [3.05, 3.63) is 30.0 Å². The molecule has 0 saturated carbocycles. The maximum absolute atomic E-state index is 12.5. The van der Waals surface area contributed by atoms with Crippen LogP contribution in [0.3, 0.4) is 0 Å². The van der Waals surface area contributed by atoms with Crippen molar-refractivity contribution in [2.24, 2.45) is 7.05 Å². The Morgan fingerprint density at radius 2 is 2.09 bits per heavy atom. The van der Waals surface area contributed by atoms with E-state index in [4.69, 9.17) is 0 Å². The predicted octanol–water partition coefficient (Wildman–Crippen LogP) is 2.41. The van der Waals surface area contributed by atoms with Gasteiger partial charge in [-0.15, -0.1) is 0 Å². The fourth-order valence-corrected chi connectivity index (χ4v) is 3.59. The van der Waals surface area contributed by atoms with E-state index in [1.54, 1.807) is 0 Å². The van der Waals surface area contributed by atoms with Gasteiger partial charge in [-0.25, -0.2) is 0 Å². The van der Waals surface area contributed by atoms with Gasteiger partial charge in [0, 0.05) is 24.9 Å². The fraction of sp³-hybridized carbons (Fsp3) is 0.556. The molecule has 1 fully saturated rings. The summed E-state index contributed by atoms with van der Waals surface area (Å²) in [6.07, 6.45) is 2.85. The highest BCUT2D eigenvalue weighted by Gasteiger charge is 2.30. The third-order valence-electron chi connectivity index (χ3n) is 4.89. The number of hydrogen-bond acceptors (Lipinski definition) is 3. The first-order valence-corrected chi connectivity index (χ1v) is 8.32. The third-order valence-corrected chi connectivity index (χ3v) is 4.89. The zero-order valence-corrected chi connectivity index (χ0v) is 14.5. The van der Waals surface area contributed by atoms with E-state index in [0.717, 1.165) is 29.6 Å². The molecule has 2 heterocycles. The Labute approximate surface area is 137 Å². The molecular formula is C18H26N4O. The van der Waals surface area contributed by atoms with Gasteiger partial charge in [-0.1, -0.05) is 18.2 Å². The second-order valence-electron chi connectivity index (χ2n) is 7.14. The molecule has 1 aromatic heterocycles. The molecule has 2 aromatic rings. The summed E-state index contributed by atoms with van der Waals surface area (Å²) in [6.45, 7) is 5.14. The second-order valence-corrected chi connectivity index (χ2v) is 7.14. The highest BCUT2D eigenvalue weighted by atomic mass is 16.1. The molecule has 1 amide bonds. The Morgan fingerprint density at radius 3 is 2.78 bits per heavy atom. The van der Waals surface area contributed by atoms with Gasteiger partial charge in [-0.3, -0.25) is 9.48 Å². The fourth-order valence-electron chi connectivity index (χ4n) is 3.59. The lowest BCUT2D eigenvalue weighted by atomic mass is 9.96. The molecular weight excluding hydrogens is 288 g/mol. The van der Waals surface area contributed by atoms with E-state index < -0.39 is 5.54 Å². The molecule has 0 aliphatic carbocycles. The first-order chi connectivity index (χ1) is 10.9. The SMILES string of the molecule is CN1CCC[C@@H]1CC(=O)NC(C)(C)c1nn(C)c2ccccc12. The number of nitrogens with zero attached hydrogens (tertiary/aromatic N) is 3. The minimum absolute atomic E-state index is 0.100. The number of nitrogens with one attached hydrogen (secondary N) is 1. The number of fused-ring (bicyclic) bond motifs is 1. The summed E-state index contributed by atoms with van der Waals surface area (Å²) in [5.41, 5.74) is 1.51. The highest BCUT2D eigenvalue weighted by Crippen LogP contribution is 2.28. The summed E-state index contributed by atoms with van der Waals surface area (Å²) in [5.74, 6) is 0.100. The van der Waals surface area contributed by atoms with Crippen molar-refractivity contribution < 1.29 is 4.79 Å². The standard InChI is InChI=1S/C18H26N4O/c1-18(2,19-16(23)12-13-8-7-11-21(13)3)17-14-9-5-6-10-15(14)22(4)20-17/h5-6,9-10,13H,7-8,11-12H2,1-4H3,(H,19,23)/t13-/m1/s1. The van der Waals surface area contributed by atoms with E-state index in [1.807, 2.05) is 37.7 Å². The van der Waals surface area contributed by atoms with Crippen LogP contribution in [0, 0.1) is 0 Å². The molecule has 1 atom stereocenters. The van der Waals surface area contributed by atoms with E-state index in [0.29, 0.717) is 12.5 Å². The monoisotopic (exact) mass is 314 g/mol. The van der Waals surface area contributed by atoms with Crippen molar-refractivity contribution in [3.63, 3.8) is 0 Å². The Balaban J connectivity index is 1.79. The van der Waals surface area contributed by atoms with E-state index >= 15 is 0 Å². The van der Waals surface area contributed by atoms with Gasteiger partial charge in [0.1, 0.15) is 0 Å². The number of rotatable bonds is 4. The predicted molar refractivity (Wildman–Crippen MR) is 92.2 cm³/mol. The Kier molecular flexibility index (Phi) is 4.15. The molecule has 1 saturated heterocycles. The first kappa shape index (κ1) is 16.0. The van der Waals surface area contributed by atoms with Crippen LogP contribution in [0.25, 0.3) is 10.9 Å². The number of hydrogen-bond donors (Lipinski definition) is 1. The number of aryl methyl sites for hydroxylation is 1. The molecule has 0 radical (unpaired) electrons. The van der Waals surface area contributed by atoms with Gasteiger partial charge in [0.2, 0.25) is 5.91 Å². The largest absolute Gasteiger partial charge is 0.345 e. The van der Waals surface area contributed by atoms with Gasteiger partial charge >= 0.3 is 0 Å². The average molecular weight is 314 g/mol. The summed E-state index contributed by atoms with van der Waals surface area (Å²) in [4.78, 5) is 14.8. The number of para-hydroxylation sites is 1. The summed E-state index contributed by atoms with van der Waals surface area (Å²) >= 11 is 0. The van der Waals surface area contributed by atoms with Crippen molar-refractivity contribution in [3.8, 4) is 0 Å². The molecule has 1 aliphatic heterocycles. The Hall–Kier alpha value is -1.88. The normalized spacial score (nSPS) is 19.4. The lowest BCUT2D eigenvalue weighted by Gasteiger charge is -2.27. The molecule has 3 rings (SSSR count). The molecule has 0 bridgehead atoms. The topological polar surface area (TPSA) is 50.2 Å². The smallest absolute Gasteiger partial charge is 0.222 e.